The van der Waals surface area contributed by atoms with Crippen LogP contribution in [0.1, 0.15) is 37.7 Å². The van der Waals surface area contributed by atoms with Gasteiger partial charge in [0.25, 0.3) is 0 Å². The molecule has 0 radical (unpaired) electrons. The van der Waals surface area contributed by atoms with Crippen LogP contribution >= 0.6 is 0 Å². The maximum atomic E-state index is 12.1. The van der Waals surface area contributed by atoms with Gasteiger partial charge in [0.15, 0.2) is 0 Å². The van der Waals surface area contributed by atoms with Crippen molar-refractivity contribution in [3.05, 3.63) is 29.8 Å². The van der Waals surface area contributed by atoms with E-state index in [9.17, 15) is 10.1 Å². The van der Waals surface area contributed by atoms with E-state index in [0.717, 1.165) is 30.6 Å². The van der Waals surface area contributed by atoms with E-state index in [1.807, 2.05) is 31.2 Å². The number of benzene rings is 1. The van der Waals surface area contributed by atoms with Gasteiger partial charge < -0.3 is 9.64 Å². The number of carbonyl (C=O) groups is 1. The summed E-state index contributed by atoms with van der Waals surface area (Å²) in [6, 6.07) is 10.2. The van der Waals surface area contributed by atoms with E-state index in [4.69, 9.17) is 4.74 Å². The molecular weight excluding hydrogens is 264 g/mol. The molecule has 0 unspecified atom stereocenters. The summed E-state index contributed by atoms with van der Waals surface area (Å²) in [7, 11) is 1.74. The minimum Gasteiger partial charge on any atom is -0.494 e. The smallest absolute Gasteiger partial charge is 0.223 e. The molecule has 0 heterocycles. The topological polar surface area (TPSA) is 53.3 Å². The zero-order valence-electron chi connectivity index (χ0n) is 12.8. The van der Waals surface area contributed by atoms with E-state index >= 15 is 0 Å². The molecule has 4 nitrogen and oxygen atoms in total. The van der Waals surface area contributed by atoms with Gasteiger partial charge in [-0.3, -0.25) is 4.79 Å². The molecule has 1 amide bonds. The number of hydrogen-bond donors (Lipinski definition) is 0. The van der Waals surface area contributed by atoms with Gasteiger partial charge in [0.05, 0.1) is 12.7 Å². The first kappa shape index (κ1) is 15.4. The number of aryl methyl sites for hydroxylation is 1. The first-order valence-electron chi connectivity index (χ1n) is 7.45. The minimum atomic E-state index is -0.547. The van der Waals surface area contributed by atoms with Gasteiger partial charge in [0.1, 0.15) is 11.3 Å². The Labute approximate surface area is 126 Å². The van der Waals surface area contributed by atoms with Crippen LogP contribution in [0.2, 0.25) is 0 Å². The summed E-state index contributed by atoms with van der Waals surface area (Å²) in [4.78, 5) is 13.8. The first-order valence-corrected chi connectivity index (χ1v) is 7.45. The maximum Gasteiger partial charge on any atom is 0.223 e. The minimum absolute atomic E-state index is 0.0316. The number of nitrogens with zero attached hydrogens (tertiary/aromatic N) is 2. The molecule has 0 N–H and O–H groups in total. The van der Waals surface area contributed by atoms with Crippen molar-refractivity contribution in [3.8, 4) is 11.8 Å². The Kier molecular flexibility index (Phi) is 4.85. The highest BCUT2D eigenvalue weighted by Gasteiger charge is 2.43. The van der Waals surface area contributed by atoms with Gasteiger partial charge in [-0.25, -0.2) is 0 Å². The third kappa shape index (κ3) is 3.55. The molecule has 0 aliphatic heterocycles. The molecule has 1 aliphatic rings. The highest BCUT2D eigenvalue weighted by Crippen LogP contribution is 2.36. The van der Waals surface area contributed by atoms with Crippen molar-refractivity contribution in [2.75, 3.05) is 13.7 Å². The summed E-state index contributed by atoms with van der Waals surface area (Å²) in [5, 5.41) is 9.23. The number of rotatable bonds is 6. The summed E-state index contributed by atoms with van der Waals surface area (Å²) in [6.45, 7) is 2.54. The van der Waals surface area contributed by atoms with Crippen LogP contribution in [0.25, 0.3) is 0 Å². The fourth-order valence-corrected chi connectivity index (χ4v) is 2.56. The van der Waals surface area contributed by atoms with Gasteiger partial charge in [-0.15, -0.1) is 0 Å². The Morgan fingerprint density at radius 2 is 2.24 bits per heavy atom. The Hall–Kier alpha value is -2.02. The number of carbonyl (C=O) groups excluding carboxylic acids is 1. The molecule has 1 aliphatic carbocycles. The Bertz CT molecular complexity index is 544. The third-order valence-corrected chi connectivity index (χ3v) is 4.20. The highest BCUT2D eigenvalue weighted by molar-refractivity contribution is 5.77. The second-order valence-electron chi connectivity index (χ2n) is 5.72. The van der Waals surface area contributed by atoms with Crippen molar-refractivity contribution in [1.82, 2.24) is 4.90 Å². The van der Waals surface area contributed by atoms with Crippen molar-refractivity contribution in [1.29, 1.82) is 5.26 Å². The van der Waals surface area contributed by atoms with Crippen molar-refractivity contribution in [2.45, 2.75) is 44.6 Å². The van der Waals surface area contributed by atoms with Gasteiger partial charge in [0.2, 0.25) is 5.91 Å². The van der Waals surface area contributed by atoms with Crippen LogP contribution in [0.4, 0.5) is 0 Å². The van der Waals surface area contributed by atoms with E-state index < -0.39 is 5.54 Å². The van der Waals surface area contributed by atoms with E-state index in [-0.39, 0.29) is 5.91 Å². The standard InChI is InChI=1S/C17H22N2O2/c1-14-6-3-7-15(12-14)21-11-4-8-16(20)19(2)17(13-18)9-5-10-17/h3,6-7,12H,4-5,8-11H2,1-2H3. The van der Waals surface area contributed by atoms with E-state index in [2.05, 4.69) is 6.07 Å². The van der Waals surface area contributed by atoms with Gasteiger partial charge >= 0.3 is 0 Å². The fourth-order valence-electron chi connectivity index (χ4n) is 2.56. The number of hydrogen-bond acceptors (Lipinski definition) is 3. The molecule has 0 aromatic heterocycles. The van der Waals surface area contributed by atoms with Crippen LogP contribution in [-0.2, 0) is 4.79 Å². The van der Waals surface area contributed by atoms with Gasteiger partial charge in [-0.1, -0.05) is 12.1 Å². The third-order valence-electron chi connectivity index (χ3n) is 4.20. The average molecular weight is 286 g/mol. The largest absolute Gasteiger partial charge is 0.494 e. The van der Waals surface area contributed by atoms with Crippen molar-refractivity contribution < 1.29 is 9.53 Å². The number of amides is 1. The predicted octanol–water partition coefficient (Wildman–Crippen LogP) is 3.06. The average Bonchev–Trinajstić information content (AvgIpc) is 2.43. The van der Waals surface area contributed by atoms with Crippen LogP contribution in [0.3, 0.4) is 0 Å². The van der Waals surface area contributed by atoms with Gasteiger partial charge in [-0.05, 0) is 50.3 Å². The van der Waals surface area contributed by atoms with Gasteiger partial charge in [0, 0.05) is 13.5 Å². The molecule has 2 rings (SSSR count). The molecule has 0 atom stereocenters. The fraction of sp³-hybridized carbons (Fsp3) is 0.529. The van der Waals surface area contributed by atoms with Crippen molar-refractivity contribution >= 4 is 5.91 Å². The zero-order chi connectivity index (χ0) is 15.3. The molecule has 0 bridgehead atoms. The van der Waals surface area contributed by atoms with E-state index in [1.54, 1.807) is 11.9 Å². The summed E-state index contributed by atoms with van der Waals surface area (Å²) >= 11 is 0. The summed E-state index contributed by atoms with van der Waals surface area (Å²) in [5.74, 6) is 0.868. The van der Waals surface area contributed by atoms with E-state index in [1.165, 1.54) is 0 Å². The predicted molar refractivity (Wildman–Crippen MR) is 80.9 cm³/mol. The van der Waals surface area contributed by atoms with Crippen molar-refractivity contribution in [3.63, 3.8) is 0 Å². The number of nitriles is 1. The van der Waals surface area contributed by atoms with Crippen LogP contribution in [0.5, 0.6) is 5.75 Å². The zero-order valence-corrected chi connectivity index (χ0v) is 12.8. The van der Waals surface area contributed by atoms with E-state index in [0.29, 0.717) is 19.4 Å². The second-order valence-corrected chi connectivity index (χ2v) is 5.72. The summed E-state index contributed by atoms with van der Waals surface area (Å²) < 4.78 is 5.63. The normalized spacial score (nSPS) is 15.7. The molecule has 4 heteroatoms. The molecule has 21 heavy (non-hydrogen) atoms. The molecular formula is C17H22N2O2. The molecule has 112 valence electrons. The van der Waals surface area contributed by atoms with Crippen LogP contribution in [0, 0.1) is 18.3 Å². The van der Waals surface area contributed by atoms with Crippen LogP contribution in [-0.4, -0.2) is 30.0 Å². The molecule has 0 spiro atoms. The SMILES string of the molecule is Cc1cccc(OCCCC(=O)N(C)C2(C#N)CCC2)c1. The highest BCUT2D eigenvalue weighted by atomic mass is 16.5. The second kappa shape index (κ2) is 6.62. The van der Waals surface area contributed by atoms with Crippen LogP contribution in [0.15, 0.2) is 24.3 Å². The monoisotopic (exact) mass is 286 g/mol. The lowest BCUT2D eigenvalue weighted by atomic mass is 9.76. The Balaban J connectivity index is 1.73. The quantitative estimate of drug-likeness (QED) is 0.755. The van der Waals surface area contributed by atoms with Gasteiger partial charge in [-0.2, -0.15) is 5.26 Å². The van der Waals surface area contributed by atoms with Crippen molar-refractivity contribution in [2.24, 2.45) is 0 Å². The Morgan fingerprint density at radius 3 is 2.81 bits per heavy atom. The number of ether oxygens (including phenoxy) is 1. The molecule has 1 aromatic rings. The molecule has 1 saturated carbocycles. The van der Waals surface area contributed by atoms with Crippen LogP contribution < -0.4 is 4.74 Å². The maximum absolute atomic E-state index is 12.1. The first-order chi connectivity index (χ1) is 10.1. The lowest BCUT2D eigenvalue weighted by molar-refractivity contribution is -0.136. The summed E-state index contributed by atoms with van der Waals surface area (Å²) in [5.41, 5.74) is 0.610. The summed E-state index contributed by atoms with van der Waals surface area (Å²) in [6.07, 6.45) is 3.71. The lowest BCUT2D eigenvalue weighted by Crippen LogP contribution is -2.53. The Morgan fingerprint density at radius 1 is 1.48 bits per heavy atom. The molecule has 1 fully saturated rings. The molecule has 1 aromatic carbocycles. The lowest BCUT2D eigenvalue weighted by Gasteiger charge is -2.43. The molecule has 0 saturated heterocycles.